The lowest BCUT2D eigenvalue weighted by molar-refractivity contribution is -0.192. The number of carboxylic acids is 2. The summed E-state index contributed by atoms with van der Waals surface area (Å²) in [4.78, 5) is 41.3. The summed E-state index contributed by atoms with van der Waals surface area (Å²) in [5.74, 6) is 2.47. The largest absolute Gasteiger partial charge is 0.490 e. The number of H-pyrrole nitrogens is 1. The maximum absolute atomic E-state index is 12.3. The fourth-order valence-corrected chi connectivity index (χ4v) is 2.68. The zero-order valence-electron chi connectivity index (χ0n) is 15.7. The minimum atomic E-state index is -5.08. The van der Waals surface area contributed by atoms with Gasteiger partial charge in [0, 0.05) is 26.2 Å². The molecule has 0 unspecified atom stereocenters. The van der Waals surface area contributed by atoms with Crippen LogP contribution >= 0.6 is 0 Å². The van der Waals surface area contributed by atoms with Gasteiger partial charge in [0.15, 0.2) is 0 Å². The number of imidazole rings is 1. The predicted octanol–water partition coefficient (Wildman–Crippen LogP) is 0.489. The molecule has 3 heterocycles. The van der Waals surface area contributed by atoms with E-state index >= 15 is 0 Å². The number of rotatable bonds is 3. The lowest BCUT2D eigenvalue weighted by atomic mass is 10.3. The maximum atomic E-state index is 12.3. The number of halogens is 3. The number of nitrogens with one attached hydrogen (secondary N) is 2. The van der Waals surface area contributed by atoms with Crippen LogP contribution < -0.4 is 15.8 Å². The number of hydrogen-bond acceptors (Lipinski definition) is 6. The molecule has 4 N–H and O–H groups in total. The normalized spacial score (nSPS) is 13.8. The highest BCUT2D eigenvalue weighted by atomic mass is 19.4. The minimum absolute atomic E-state index is 0.166. The van der Waals surface area contributed by atoms with E-state index in [1.54, 1.807) is 11.5 Å². The molecular formula is C17H18F3N5O5. The number of hydrogen-bond donors (Lipinski definition) is 4. The molecule has 0 spiro atoms. The Labute approximate surface area is 167 Å². The molecule has 0 atom stereocenters. The van der Waals surface area contributed by atoms with Crippen molar-refractivity contribution in [1.29, 1.82) is 0 Å². The van der Waals surface area contributed by atoms with Crippen LogP contribution in [0.25, 0.3) is 11.0 Å². The second-order valence-electron chi connectivity index (χ2n) is 6.02. The van der Waals surface area contributed by atoms with Crippen LogP contribution in [-0.2, 0) is 11.3 Å². The van der Waals surface area contributed by atoms with Gasteiger partial charge in [0.25, 0.3) is 5.56 Å². The average molecular weight is 429 g/mol. The van der Waals surface area contributed by atoms with Crippen LogP contribution in [0.2, 0.25) is 0 Å². The number of piperazine rings is 1. The molecule has 2 aromatic heterocycles. The third-order valence-electron chi connectivity index (χ3n) is 4.01. The van der Waals surface area contributed by atoms with Gasteiger partial charge in [-0.05, 0) is 13.0 Å². The quantitative estimate of drug-likeness (QED) is 0.517. The van der Waals surface area contributed by atoms with Crippen molar-refractivity contribution < 1.29 is 33.0 Å². The van der Waals surface area contributed by atoms with Gasteiger partial charge in [0.05, 0.1) is 12.1 Å². The molecule has 1 aliphatic rings. The van der Waals surface area contributed by atoms with E-state index in [2.05, 4.69) is 32.0 Å². The third-order valence-corrected chi connectivity index (χ3v) is 4.01. The van der Waals surface area contributed by atoms with Crippen LogP contribution in [0.5, 0.6) is 0 Å². The summed E-state index contributed by atoms with van der Waals surface area (Å²) in [7, 11) is 0. The number of anilines is 1. The summed E-state index contributed by atoms with van der Waals surface area (Å²) in [6.45, 7) is 5.27. The Balaban J connectivity index is 0.000000396. The summed E-state index contributed by atoms with van der Waals surface area (Å²) >= 11 is 0. The van der Waals surface area contributed by atoms with Crippen molar-refractivity contribution in [1.82, 2.24) is 19.9 Å². The van der Waals surface area contributed by atoms with E-state index in [0.29, 0.717) is 23.5 Å². The fourth-order valence-electron chi connectivity index (χ4n) is 2.68. The molecule has 0 bridgehead atoms. The van der Waals surface area contributed by atoms with Crippen molar-refractivity contribution >= 4 is 28.9 Å². The first kappa shape index (κ1) is 22.8. The Morgan fingerprint density at radius 2 is 1.87 bits per heavy atom. The van der Waals surface area contributed by atoms with E-state index in [-0.39, 0.29) is 5.69 Å². The Bertz CT molecular complexity index is 1060. The van der Waals surface area contributed by atoms with E-state index in [1.807, 2.05) is 0 Å². The maximum Gasteiger partial charge on any atom is 0.490 e. The molecule has 1 aliphatic heterocycles. The van der Waals surface area contributed by atoms with E-state index in [0.717, 1.165) is 26.2 Å². The lowest BCUT2D eigenvalue weighted by Gasteiger charge is -2.28. The van der Waals surface area contributed by atoms with Gasteiger partial charge in [0.2, 0.25) is 5.95 Å². The number of aromatic carboxylic acids is 1. The highest BCUT2D eigenvalue weighted by Gasteiger charge is 2.38. The molecule has 1 saturated heterocycles. The Hall–Kier alpha value is -3.53. The number of aromatic nitrogens is 3. The molecule has 0 radical (unpaired) electrons. The van der Waals surface area contributed by atoms with Gasteiger partial charge < -0.3 is 25.4 Å². The summed E-state index contributed by atoms with van der Waals surface area (Å²) in [5, 5.41) is 19.5. The molecule has 0 amide bonds. The van der Waals surface area contributed by atoms with E-state index in [9.17, 15) is 22.8 Å². The Morgan fingerprint density at radius 1 is 1.27 bits per heavy atom. The van der Waals surface area contributed by atoms with Crippen LogP contribution in [0.1, 0.15) is 17.4 Å². The van der Waals surface area contributed by atoms with Crippen molar-refractivity contribution in [2.24, 2.45) is 0 Å². The molecule has 10 nitrogen and oxygen atoms in total. The second-order valence-corrected chi connectivity index (χ2v) is 6.02. The van der Waals surface area contributed by atoms with E-state index < -0.39 is 23.7 Å². The number of carboxylic acid groups (broad SMARTS) is 2. The van der Waals surface area contributed by atoms with Gasteiger partial charge in [-0.15, -0.1) is 5.92 Å². The Morgan fingerprint density at radius 3 is 2.37 bits per heavy atom. The van der Waals surface area contributed by atoms with Crippen LogP contribution in [-0.4, -0.2) is 69.0 Å². The highest BCUT2D eigenvalue weighted by Crippen LogP contribution is 2.21. The first-order valence-electron chi connectivity index (χ1n) is 8.58. The lowest BCUT2D eigenvalue weighted by Crippen LogP contribution is -2.44. The van der Waals surface area contributed by atoms with Gasteiger partial charge in [-0.1, -0.05) is 5.92 Å². The van der Waals surface area contributed by atoms with E-state index in [1.165, 1.54) is 6.07 Å². The molecule has 0 aliphatic carbocycles. The minimum Gasteiger partial charge on any atom is -0.477 e. The van der Waals surface area contributed by atoms with E-state index in [4.69, 9.17) is 15.0 Å². The van der Waals surface area contributed by atoms with Crippen LogP contribution in [0.4, 0.5) is 19.1 Å². The molecule has 1 fully saturated rings. The molecule has 30 heavy (non-hydrogen) atoms. The number of pyridine rings is 1. The number of fused-ring (bicyclic) bond motifs is 1. The molecule has 0 aromatic carbocycles. The highest BCUT2D eigenvalue weighted by molar-refractivity contribution is 5.90. The number of alkyl halides is 3. The SMILES string of the molecule is CC#CCn1c(N2CCNCC2)nc2cc(C(=O)O)[nH]c(=O)c21.O=C(O)C(F)(F)F. The summed E-state index contributed by atoms with van der Waals surface area (Å²) < 4.78 is 33.5. The first-order valence-corrected chi connectivity index (χ1v) is 8.58. The summed E-state index contributed by atoms with van der Waals surface area (Å²) in [6.07, 6.45) is -5.08. The standard InChI is InChI=1S/C15H17N5O3.C2HF3O2/c1-2-3-6-20-12-10(9-11(14(22)23)17-13(12)21)18-15(20)19-7-4-16-5-8-19;3-2(4,5)1(6)7/h9,16H,4-8H2,1H3,(H,17,21)(H,22,23);(H,6,7). The number of aliphatic carboxylic acids is 1. The molecule has 2 aromatic rings. The van der Waals surface area contributed by atoms with Gasteiger partial charge in [0.1, 0.15) is 11.2 Å². The van der Waals surface area contributed by atoms with Gasteiger partial charge >= 0.3 is 18.1 Å². The average Bonchev–Trinajstić information content (AvgIpc) is 3.05. The van der Waals surface area contributed by atoms with Gasteiger partial charge in [-0.2, -0.15) is 13.2 Å². The number of nitrogens with zero attached hydrogens (tertiary/aromatic N) is 3. The van der Waals surface area contributed by atoms with Crippen molar-refractivity contribution in [3.63, 3.8) is 0 Å². The first-order chi connectivity index (χ1) is 14.1. The van der Waals surface area contributed by atoms with Crippen LogP contribution in [0.3, 0.4) is 0 Å². The Kier molecular flexibility index (Phi) is 7.06. The van der Waals surface area contributed by atoms with Gasteiger partial charge in [-0.25, -0.2) is 14.6 Å². The molecular weight excluding hydrogens is 411 g/mol. The van der Waals surface area contributed by atoms with Crippen LogP contribution in [0.15, 0.2) is 10.9 Å². The molecule has 0 saturated carbocycles. The molecule has 162 valence electrons. The topological polar surface area (TPSA) is 141 Å². The summed E-state index contributed by atoms with van der Waals surface area (Å²) in [5.41, 5.74) is 0.0937. The number of aromatic amines is 1. The summed E-state index contributed by atoms with van der Waals surface area (Å²) in [6, 6.07) is 1.39. The second kappa shape index (κ2) is 9.31. The molecule has 3 rings (SSSR count). The van der Waals surface area contributed by atoms with Crippen molar-refractivity contribution in [3.05, 3.63) is 22.1 Å². The monoisotopic (exact) mass is 429 g/mol. The predicted molar refractivity (Wildman–Crippen MR) is 99.5 cm³/mol. The smallest absolute Gasteiger partial charge is 0.477 e. The zero-order valence-corrected chi connectivity index (χ0v) is 15.7. The van der Waals surface area contributed by atoms with Crippen molar-refractivity contribution in [2.45, 2.75) is 19.6 Å². The van der Waals surface area contributed by atoms with Gasteiger partial charge in [-0.3, -0.25) is 9.36 Å². The molecule has 13 heteroatoms. The van der Waals surface area contributed by atoms with Crippen molar-refractivity contribution in [3.8, 4) is 11.8 Å². The fraction of sp³-hybridized carbons (Fsp3) is 0.412. The third kappa shape index (κ3) is 5.29. The van der Waals surface area contributed by atoms with Crippen LogP contribution in [0, 0.1) is 11.8 Å². The van der Waals surface area contributed by atoms with Crippen molar-refractivity contribution in [2.75, 3.05) is 31.1 Å². The number of carbonyl (C=O) groups is 2. The zero-order chi connectivity index (χ0) is 22.5.